The average Bonchev–Trinajstić information content (AvgIpc) is 2.81. The lowest BCUT2D eigenvalue weighted by atomic mass is 9.82. The van der Waals surface area contributed by atoms with E-state index < -0.39 is 0 Å². The largest absolute Gasteiger partial charge is 0.366 e. The number of rotatable bonds is 6. The van der Waals surface area contributed by atoms with Crippen LogP contribution in [0.3, 0.4) is 0 Å². The Morgan fingerprint density at radius 3 is 2.35 bits per heavy atom. The van der Waals surface area contributed by atoms with Gasteiger partial charge >= 0.3 is 0 Å². The van der Waals surface area contributed by atoms with Crippen LogP contribution in [0, 0.1) is 11.7 Å². The molecular formula is C25H34FN3O2. The highest BCUT2D eigenvalue weighted by atomic mass is 19.1. The molecule has 0 bridgehead atoms. The van der Waals surface area contributed by atoms with Gasteiger partial charge in [-0.25, -0.2) is 4.39 Å². The SMILES string of the molecule is O=C(CCCCC(=O)N1CCC2CCCC=C2C1)N1CCN(c2ccccc2F)CC1. The molecule has 1 aliphatic carbocycles. The Labute approximate surface area is 184 Å². The Bertz CT molecular complexity index is 817. The van der Waals surface area contributed by atoms with Crippen LogP contribution in [0.2, 0.25) is 0 Å². The molecule has 0 radical (unpaired) electrons. The summed E-state index contributed by atoms with van der Waals surface area (Å²) < 4.78 is 14.0. The number of benzene rings is 1. The number of hydrogen-bond acceptors (Lipinski definition) is 3. The van der Waals surface area contributed by atoms with Gasteiger partial charge in [-0.3, -0.25) is 9.59 Å². The van der Waals surface area contributed by atoms with Crippen LogP contribution >= 0.6 is 0 Å². The van der Waals surface area contributed by atoms with Crippen molar-refractivity contribution in [1.29, 1.82) is 0 Å². The molecule has 1 atom stereocenters. The Morgan fingerprint density at radius 2 is 1.61 bits per heavy atom. The third kappa shape index (κ3) is 5.46. The number of piperidine rings is 1. The number of hydrogen-bond donors (Lipinski definition) is 0. The fourth-order valence-corrected chi connectivity index (χ4v) is 5.12. The quantitative estimate of drug-likeness (QED) is 0.509. The summed E-state index contributed by atoms with van der Waals surface area (Å²) in [6, 6.07) is 6.80. The summed E-state index contributed by atoms with van der Waals surface area (Å²) in [7, 11) is 0. The van der Waals surface area contributed by atoms with E-state index in [1.165, 1.54) is 24.5 Å². The normalized spacial score (nSPS) is 21.5. The van der Waals surface area contributed by atoms with Gasteiger partial charge in [0.2, 0.25) is 11.8 Å². The highest BCUT2D eigenvalue weighted by Gasteiger charge is 2.27. The van der Waals surface area contributed by atoms with Crippen molar-refractivity contribution in [3.63, 3.8) is 0 Å². The minimum Gasteiger partial charge on any atom is -0.366 e. The Balaban J connectivity index is 1.14. The van der Waals surface area contributed by atoms with E-state index in [4.69, 9.17) is 0 Å². The van der Waals surface area contributed by atoms with E-state index in [0.717, 1.165) is 38.8 Å². The molecule has 0 N–H and O–H groups in total. The summed E-state index contributed by atoms with van der Waals surface area (Å²) >= 11 is 0. The van der Waals surface area contributed by atoms with E-state index in [0.29, 0.717) is 50.6 Å². The molecular weight excluding hydrogens is 393 g/mol. The van der Waals surface area contributed by atoms with Crippen molar-refractivity contribution in [2.45, 2.75) is 51.4 Å². The van der Waals surface area contributed by atoms with Gasteiger partial charge in [-0.2, -0.15) is 0 Å². The molecule has 0 spiro atoms. The van der Waals surface area contributed by atoms with E-state index in [-0.39, 0.29) is 17.6 Å². The molecule has 3 aliphatic rings. The Morgan fingerprint density at radius 1 is 0.903 bits per heavy atom. The molecule has 2 saturated heterocycles. The lowest BCUT2D eigenvalue weighted by molar-refractivity contribution is -0.133. The smallest absolute Gasteiger partial charge is 0.222 e. The van der Waals surface area contributed by atoms with E-state index in [1.807, 2.05) is 20.8 Å². The van der Waals surface area contributed by atoms with Gasteiger partial charge in [0.15, 0.2) is 0 Å². The zero-order valence-electron chi connectivity index (χ0n) is 18.4. The highest BCUT2D eigenvalue weighted by molar-refractivity contribution is 5.78. The topological polar surface area (TPSA) is 43.9 Å². The molecule has 2 aliphatic heterocycles. The zero-order valence-corrected chi connectivity index (χ0v) is 18.4. The van der Waals surface area contributed by atoms with Crippen molar-refractivity contribution in [3.8, 4) is 0 Å². The molecule has 0 aromatic heterocycles. The van der Waals surface area contributed by atoms with Crippen LogP contribution in [-0.2, 0) is 9.59 Å². The van der Waals surface area contributed by atoms with Gasteiger partial charge in [0.25, 0.3) is 0 Å². The fourth-order valence-electron chi connectivity index (χ4n) is 5.12. The zero-order chi connectivity index (χ0) is 21.6. The number of amides is 2. The number of nitrogens with zero attached hydrogens (tertiary/aromatic N) is 3. The number of allylic oxidation sites excluding steroid dienone is 1. The third-order valence-electron chi connectivity index (χ3n) is 7.02. The predicted octanol–water partition coefficient (Wildman–Crippen LogP) is 3.99. The third-order valence-corrected chi connectivity index (χ3v) is 7.02. The highest BCUT2D eigenvalue weighted by Crippen LogP contribution is 2.32. The van der Waals surface area contributed by atoms with Gasteiger partial charge in [-0.15, -0.1) is 0 Å². The minimum atomic E-state index is -0.212. The summed E-state index contributed by atoms with van der Waals surface area (Å²) in [6.07, 6.45) is 9.71. The molecule has 6 heteroatoms. The van der Waals surface area contributed by atoms with Gasteiger partial charge in [0, 0.05) is 52.1 Å². The van der Waals surface area contributed by atoms with Gasteiger partial charge in [-0.05, 0) is 56.6 Å². The summed E-state index contributed by atoms with van der Waals surface area (Å²) in [5, 5.41) is 0. The second kappa shape index (κ2) is 10.3. The van der Waals surface area contributed by atoms with Crippen molar-refractivity contribution in [3.05, 3.63) is 41.7 Å². The van der Waals surface area contributed by atoms with Gasteiger partial charge in [0.1, 0.15) is 5.82 Å². The summed E-state index contributed by atoms with van der Waals surface area (Å²) in [5.41, 5.74) is 2.08. The van der Waals surface area contributed by atoms with Crippen molar-refractivity contribution in [2.75, 3.05) is 44.2 Å². The maximum absolute atomic E-state index is 14.0. The molecule has 0 saturated carbocycles. The van der Waals surface area contributed by atoms with Crippen LogP contribution < -0.4 is 4.90 Å². The lowest BCUT2D eigenvalue weighted by Crippen LogP contribution is -2.49. The first kappa shape index (κ1) is 21.8. The maximum atomic E-state index is 14.0. The lowest BCUT2D eigenvalue weighted by Gasteiger charge is -2.36. The number of carbonyl (C=O) groups excluding carboxylic acids is 2. The molecule has 5 nitrogen and oxygen atoms in total. The number of unbranched alkanes of at least 4 members (excludes halogenated alkanes) is 1. The first-order valence-electron chi connectivity index (χ1n) is 11.9. The van der Waals surface area contributed by atoms with Gasteiger partial charge in [-0.1, -0.05) is 23.8 Å². The molecule has 31 heavy (non-hydrogen) atoms. The molecule has 1 aromatic carbocycles. The second-order valence-corrected chi connectivity index (χ2v) is 9.04. The molecule has 1 unspecified atom stereocenters. The first-order valence-corrected chi connectivity index (χ1v) is 11.9. The van der Waals surface area contributed by atoms with Gasteiger partial charge < -0.3 is 14.7 Å². The van der Waals surface area contributed by atoms with E-state index >= 15 is 0 Å². The van der Waals surface area contributed by atoms with Crippen molar-refractivity contribution in [1.82, 2.24) is 9.80 Å². The Kier molecular flexibility index (Phi) is 7.25. The average molecular weight is 428 g/mol. The molecule has 168 valence electrons. The van der Waals surface area contributed by atoms with Crippen LogP contribution in [0.4, 0.5) is 10.1 Å². The molecule has 2 amide bonds. The fraction of sp³-hybridized carbons (Fsp3) is 0.600. The van der Waals surface area contributed by atoms with Crippen LogP contribution in [0.1, 0.15) is 51.4 Å². The molecule has 4 rings (SSSR count). The summed E-state index contributed by atoms with van der Waals surface area (Å²) in [4.78, 5) is 31.0. The van der Waals surface area contributed by atoms with Crippen LogP contribution in [0.15, 0.2) is 35.9 Å². The van der Waals surface area contributed by atoms with E-state index in [1.54, 1.807) is 12.1 Å². The van der Waals surface area contributed by atoms with Crippen molar-refractivity contribution >= 4 is 17.5 Å². The number of halogens is 1. The second-order valence-electron chi connectivity index (χ2n) is 9.04. The summed E-state index contributed by atoms with van der Waals surface area (Å²) in [6.45, 7) is 4.24. The maximum Gasteiger partial charge on any atom is 0.222 e. The predicted molar refractivity (Wildman–Crippen MR) is 120 cm³/mol. The number of anilines is 1. The van der Waals surface area contributed by atoms with E-state index in [9.17, 15) is 14.0 Å². The number of piperazine rings is 1. The molecule has 2 heterocycles. The molecule has 1 aromatic rings. The number of para-hydroxylation sites is 1. The minimum absolute atomic E-state index is 0.147. The standard InChI is InChI=1S/C25H34FN3O2/c26-22-9-3-4-10-23(22)27-15-17-28(18-16-27)24(30)11-5-6-12-25(31)29-14-13-20-7-1-2-8-21(20)19-29/h3-4,8-10,20H,1-2,5-7,11-19H2. The van der Waals surface area contributed by atoms with Crippen LogP contribution in [-0.4, -0.2) is 60.9 Å². The first-order chi connectivity index (χ1) is 15.1. The van der Waals surface area contributed by atoms with Gasteiger partial charge in [0.05, 0.1) is 5.69 Å². The van der Waals surface area contributed by atoms with E-state index in [2.05, 4.69) is 6.08 Å². The van der Waals surface area contributed by atoms with Crippen LogP contribution in [0.5, 0.6) is 0 Å². The monoisotopic (exact) mass is 427 g/mol. The number of carbonyl (C=O) groups is 2. The number of fused-ring (bicyclic) bond motifs is 1. The van der Waals surface area contributed by atoms with Crippen LogP contribution in [0.25, 0.3) is 0 Å². The number of likely N-dealkylation sites (tertiary alicyclic amines) is 1. The van der Waals surface area contributed by atoms with Crippen molar-refractivity contribution < 1.29 is 14.0 Å². The molecule has 2 fully saturated rings. The summed E-state index contributed by atoms with van der Waals surface area (Å²) in [5.74, 6) is 0.870. The van der Waals surface area contributed by atoms with Crippen molar-refractivity contribution in [2.24, 2.45) is 5.92 Å². The Hall–Kier alpha value is -2.37.